The number of aromatic amines is 1. The van der Waals surface area contributed by atoms with Crippen LogP contribution in [0, 0.1) is 0 Å². The van der Waals surface area contributed by atoms with Gasteiger partial charge in [-0.1, -0.05) is 66.7 Å². The molecule has 0 saturated carbocycles. The van der Waals surface area contributed by atoms with Crippen molar-refractivity contribution in [3.8, 4) is 22.5 Å². The molecular weight excluding hydrogens is 462 g/mol. The molecule has 0 bridgehead atoms. The van der Waals surface area contributed by atoms with Crippen LogP contribution in [0.5, 0.6) is 0 Å². The lowest BCUT2D eigenvalue weighted by atomic mass is 9.98. The summed E-state index contributed by atoms with van der Waals surface area (Å²) in [5, 5.41) is 2.89. The molecule has 0 spiro atoms. The van der Waals surface area contributed by atoms with Crippen LogP contribution < -0.4 is 16.0 Å². The molecule has 3 aromatic carbocycles. The van der Waals surface area contributed by atoms with E-state index in [0.717, 1.165) is 39.3 Å². The molecule has 1 aromatic heterocycles. The summed E-state index contributed by atoms with van der Waals surface area (Å²) in [4.78, 5) is 35.7. The Morgan fingerprint density at radius 1 is 1.05 bits per heavy atom. The number of fused-ring (bicyclic) bond motifs is 1. The van der Waals surface area contributed by atoms with Crippen molar-refractivity contribution in [3.05, 3.63) is 96.3 Å². The Morgan fingerprint density at radius 2 is 1.76 bits per heavy atom. The van der Waals surface area contributed by atoms with Gasteiger partial charge in [-0.2, -0.15) is 0 Å². The lowest BCUT2D eigenvalue weighted by Crippen LogP contribution is -2.56. The second-order valence-electron chi connectivity index (χ2n) is 10.0. The largest absolute Gasteiger partial charge is 0.345 e. The minimum atomic E-state index is -1.06. The molecular formula is C30H31N5O2. The Morgan fingerprint density at radius 3 is 2.46 bits per heavy atom. The number of nitrogens with two attached hydrogens (primary N) is 1. The number of rotatable bonds is 6. The highest BCUT2D eigenvalue weighted by Crippen LogP contribution is 2.32. The van der Waals surface area contributed by atoms with E-state index in [9.17, 15) is 9.59 Å². The van der Waals surface area contributed by atoms with Crippen LogP contribution in [0.3, 0.4) is 0 Å². The first-order valence-electron chi connectivity index (χ1n) is 12.5. The van der Waals surface area contributed by atoms with Crippen molar-refractivity contribution in [2.75, 3.05) is 4.90 Å². The number of aryl methyl sites for hydroxylation is 1. The van der Waals surface area contributed by atoms with E-state index < -0.39 is 11.6 Å². The van der Waals surface area contributed by atoms with Crippen molar-refractivity contribution in [2.45, 2.75) is 44.8 Å². The van der Waals surface area contributed by atoms with E-state index >= 15 is 0 Å². The number of imidazole rings is 1. The smallest absolute Gasteiger partial charge is 0.249 e. The van der Waals surface area contributed by atoms with E-state index in [1.165, 1.54) is 0 Å². The van der Waals surface area contributed by atoms with E-state index in [1.54, 1.807) is 24.9 Å². The third-order valence-corrected chi connectivity index (χ3v) is 6.73. The number of hydrogen-bond donors (Lipinski definition) is 3. The highest BCUT2D eigenvalue weighted by atomic mass is 16.2. The van der Waals surface area contributed by atoms with Gasteiger partial charge < -0.3 is 20.9 Å². The molecule has 0 fully saturated rings. The van der Waals surface area contributed by atoms with Gasteiger partial charge in [0.2, 0.25) is 11.8 Å². The summed E-state index contributed by atoms with van der Waals surface area (Å²) < 4.78 is 0. The van der Waals surface area contributed by atoms with Crippen LogP contribution >= 0.6 is 0 Å². The van der Waals surface area contributed by atoms with Gasteiger partial charge in [-0.05, 0) is 55.0 Å². The zero-order valence-corrected chi connectivity index (χ0v) is 21.1. The first-order valence-corrected chi connectivity index (χ1v) is 12.5. The average molecular weight is 494 g/mol. The number of nitrogens with zero attached hydrogens (tertiary/aromatic N) is 2. The summed E-state index contributed by atoms with van der Waals surface area (Å²) in [5.41, 5.74) is 11.0. The zero-order valence-electron chi connectivity index (χ0n) is 21.1. The summed E-state index contributed by atoms with van der Waals surface area (Å²) in [6.45, 7) is 3.68. The molecule has 7 nitrogen and oxygen atoms in total. The fourth-order valence-corrected chi connectivity index (χ4v) is 4.68. The number of hydrogen-bond acceptors (Lipinski definition) is 4. The van der Waals surface area contributed by atoms with Gasteiger partial charge >= 0.3 is 0 Å². The van der Waals surface area contributed by atoms with Crippen LogP contribution in [0.4, 0.5) is 5.69 Å². The minimum absolute atomic E-state index is 0.130. The maximum atomic E-state index is 13.7. The van der Waals surface area contributed by atoms with E-state index in [0.29, 0.717) is 19.4 Å². The number of para-hydroxylation sites is 1. The third-order valence-electron chi connectivity index (χ3n) is 6.73. The van der Waals surface area contributed by atoms with E-state index in [2.05, 4.69) is 33.5 Å². The van der Waals surface area contributed by atoms with Gasteiger partial charge in [0.1, 0.15) is 11.9 Å². The summed E-state index contributed by atoms with van der Waals surface area (Å²) in [5.74, 6) is 0.353. The second-order valence-corrected chi connectivity index (χ2v) is 10.0. The van der Waals surface area contributed by atoms with E-state index in [-0.39, 0.29) is 11.8 Å². The van der Waals surface area contributed by atoms with Crippen molar-refractivity contribution in [2.24, 2.45) is 5.73 Å². The van der Waals surface area contributed by atoms with Gasteiger partial charge in [-0.3, -0.25) is 9.59 Å². The fraction of sp³-hybridized carbons (Fsp3) is 0.233. The lowest BCUT2D eigenvalue weighted by molar-refractivity contribution is -0.130. The molecule has 188 valence electrons. The van der Waals surface area contributed by atoms with Crippen LogP contribution in [0.15, 0.2) is 85.2 Å². The number of carbonyl (C=O) groups is 2. The summed E-state index contributed by atoms with van der Waals surface area (Å²) in [7, 11) is 0. The topological polar surface area (TPSA) is 104 Å². The van der Waals surface area contributed by atoms with Crippen molar-refractivity contribution >= 4 is 17.5 Å². The number of anilines is 1. The van der Waals surface area contributed by atoms with Crippen molar-refractivity contribution in [3.63, 3.8) is 0 Å². The fourth-order valence-electron chi connectivity index (χ4n) is 4.68. The number of carbonyl (C=O) groups excluding carboxylic acids is 2. The Bertz CT molecular complexity index is 1400. The molecule has 1 atom stereocenters. The summed E-state index contributed by atoms with van der Waals surface area (Å²) >= 11 is 0. The normalized spacial score (nSPS) is 15.7. The van der Waals surface area contributed by atoms with Crippen LogP contribution in [0.25, 0.3) is 22.5 Å². The second kappa shape index (κ2) is 10.0. The lowest BCUT2D eigenvalue weighted by Gasteiger charge is -2.28. The molecule has 5 rings (SSSR count). The SMILES string of the molecule is CC(C)(N)C(=O)N[C@@H]1CCc2ccccc2N(Cc2ccc(-c3ccccc3-c3ncc[nH]3)cc2)C1=O. The van der Waals surface area contributed by atoms with Crippen molar-refractivity contribution in [1.29, 1.82) is 0 Å². The molecule has 0 saturated heterocycles. The standard InChI is InChI=1S/C30H31N5O2/c1-30(2,31)29(37)34-25-16-15-22-7-3-6-10-26(22)35(28(25)36)19-20-11-13-21(14-12-20)23-8-4-5-9-24(23)27-32-17-18-33-27/h3-14,17-18,25H,15-16,19,31H2,1-2H3,(H,32,33)(H,34,37)/t25-/m1/s1. The zero-order chi connectivity index (χ0) is 26.0. The van der Waals surface area contributed by atoms with Gasteiger partial charge in [0.25, 0.3) is 0 Å². The van der Waals surface area contributed by atoms with E-state index in [4.69, 9.17) is 5.73 Å². The quantitative estimate of drug-likeness (QED) is 0.369. The van der Waals surface area contributed by atoms with Crippen molar-refractivity contribution < 1.29 is 9.59 Å². The molecule has 4 N–H and O–H groups in total. The van der Waals surface area contributed by atoms with Crippen LogP contribution in [0.2, 0.25) is 0 Å². The van der Waals surface area contributed by atoms with Crippen LogP contribution in [-0.4, -0.2) is 33.4 Å². The summed E-state index contributed by atoms with van der Waals surface area (Å²) in [6, 6.07) is 23.7. The highest BCUT2D eigenvalue weighted by molar-refractivity contribution is 6.01. The van der Waals surface area contributed by atoms with E-state index in [1.807, 2.05) is 60.8 Å². The maximum absolute atomic E-state index is 13.7. The van der Waals surface area contributed by atoms with Crippen LogP contribution in [0.1, 0.15) is 31.4 Å². The Labute approximate surface area is 216 Å². The number of H-pyrrole nitrogens is 1. The molecule has 2 amide bonds. The summed E-state index contributed by atoms with van der Waals surface area (Å²) in [6.07, 6.45) is 4.78. The van der Waals surface area contributed by atoms with Crippen LogP contribution in [-0.2, 0) is 22.6 Å². The minimum Gasteiger partial charge on any atom is -0.345 e. The number of amides is 2. The van der Waals surface area contributed by atoms with Gasteiger partial charge in [0.05, 0.1) is 12.1 Å². The first-order chi connectivity index (χ1) is 17.8. The van der Waals surface area contributed by atoms with Crippen molar-refractivity contribution in [1.82, 2.24) is 15.3 Å². The molecule has 4 aromatic rings. The number of nitrogens with one attached hydrogen (secondary N) is 2. The van der Waals surface area contributed by atoms with Gasteiger partial charge in [-0.25, -0.2) is 4.98 Å². The average Bonchev–Trinajstić information content (AvgIpc) is 3.40. The molecule has 37 heavy (non-hydrogen) atoms. The molecule has 1 aliphatic heterocycles. The predicted octanol–water partition coefficient (Wildman–Crippen LogP) is 4.45. The number of benzene rings is 3. The maximum Gasteiger partial charge on any atom is 0.249 e. The van der Waals surface area contributed by atoms with Gasteiger partial charge in [0, 0.05) is 23.6 Å². The van der Waals surface area contributed by atoms with Gasteiger partial charge in [0.15, 0.2) is 0 Å². The molecule has 0 radical (unpaired) electrons. The Balaban J connectivity index is 1.43. The highest BCUT2D eigenvalue weighted by Gasteiger charge is 2.34. The molecule has 0 unspecified atom stereocenters. The predicted molar refractivity (Wildman–Crippen MR) is 146 cm³/mol. The Kier molecular flexibility index (Phi) is 6.63. The monoisotopic (exact) mass is 493 g/mol. The number of aromatic nitrogens is 2. The third kappa shape index (κ3) is 5.17. The first kappa shape index (κ1) is 24.5. The Hall–Kier alpha value is -4.23. The van der Waals surface area contributed by atoms with Gasteiger partial charge in [-0.15, -0.1) is 0 Å². The molecule has 0 aliphatic carbocycles. The molecule has 1 aliphatic rings. The molecule has 7 heteroatoms. The molecule has 2 heterocycles.